The van der Waals surface area contributed by atoms with Crippen LogP contribution in [0.25, 0.3) is 0 Å². The van der Waals surface area contributed by atoms with Gasteiger partial charge in [0, 0.05) is 18.1 Å². The second-order valence-corrected chi connectivity index (χ2v) is 6.08. The minimum atomic E-state index is -4.43. The van der Waals surface area contributed by atoms with Crippen molar-refractivity contribution in [2.75, 3.05) is 13.6 Å². The van der Waals surface area contributed by atoms with Crippen molar-refractivity contribution in [3.63, 3.8) is 0 Å². The van der Waals surface area contributed by atoms with E-state index in [1.165, 1.54) is 7.05 Å². The number of benzene rings is 1. The fourth-order valence-corrected chi connectivity index (χ4v) is 3.10. The maximum atomic E-state index is 14.1. The van der Waals surface area contributed by atoms with E-state index in [4.69, 9.17) is 5.14 Å². The van der Waals surface area contributed by atoms with Crippen molar-refractivity contribution < 1.29 is 22.0 Å². The maximum absolute atomic E-state index is 14.1. The quantitative estimate of drug-likeness (QED) is 0.890. The number of carbonyl (C=O) groups is 1. The molecule has 1 aromatic rings. The summed E-state index contributed by atoms with van der Waals surface area (Å²) in [5.41, 5.74) is -0.948. The summed E-state index contributed by atoms with van der Waals surface area (Å²) in [6.07, 6.45) is 0. The zero-order valence-electron chi connectivity index (χ0n) is 10.1. The molecule has 0 aliphatic heterocycles. The Morgan fingerprint density at radius 2 is 2.00 bits per heavy atom. The van der Waals surface area contributed by atoms with Gasteiger partial charge in [0.15, 0.2) is 5.82 Å². The molecule has 106 valence electrons. The first-order valence-corrected chi connectivity index (χ1v) is 7.41. The molecule has 0 aliphatic carbocycles. The third kappa shape index (κ3) is 3.10. The number of halogens is 3. The fourth-order valence-electron chi connectivity index (χ4n) is 1.36. The summed E-state index contributed by atoms with van der Waals surface area (Å²) >= 11 is 2.71. The van der Waals surface area contributed by atoms with Gasteiger partial charge in [0.2, 0.25) is 10.0 Å². The van der Waals surface area contributed by atoms with E-state index in [1.807, 2.05) is 0 Å². The summed E-state index contributed by atoms with van der Waals surface area (Å²) in [5.74, 6) is -3.63. The molecule has 0 aliphatic rings. The smallest absolute Gasteiger partial charge is 0.259 e. The predicted octanol–water partition coefficient (Wildman–Crippen LogP) is 1.47. The SMILES string of the molecule is CCN(C)C(=O)c1c(F)cc(Br)c(S(N)(=O)=O)c1F. The molecular formula is C10H11BrF2N2O3S. The Morgan fingerprint density at radius 1 is 1.47 bits per heavy atom. The summed E-state index contributed by atoms with van der Waals surface area (Å²) in [4.78, 5) is 11.9. The highest BCUT2D eigenvalue weighted by molar-refractivity contribution is 9.10. The van der Waals surface area contributed by atoms with E-state index in [1.54, 1.807) is 6.92 Å². The number of nitrogens with zero attached hydrogens (tertiary/aromatic N) is 1. The Kier molecular flexibility index (Phi) is 4.64. The highest BCUT2D eigenvalue weighted by Gasteiger charge is 2.29. The fraction of sp³-hybridized carbons (Fsp3) is 0.300. The van der Waals surface area contributed by atoms with E-state index < -0.39 is 38.0 Å². The van der Waals surface area contributed by atoms with Crippen molar-refractivity contribution >= 4 is 31.9 Å². The molecule has 0 radical (unpaired) electrons. The molecule has 0 saturated heterocycles. The van der Waals surface area contributed by atoms with Crippen molar-refractivity contribution in [2.45, 2.75) is 11.8 Å². The van der Waals surface area contributed by atoms with Crippen LogP contribution in [-0.4, -0.2) is 32.8 Å². The number of amides is 1. The minimum Gasteiger partial charge on any atom is -0.342 e. The number of rotatable bonds is 3. The lowest BCUT2D eigenvalue weighted by Gasteiger charge is -2.16. The van der Waals surface area contributed by atoms with Crippen LogP contribution >= 0.6 is 15.9 Å². The molecule has 2 N–H and O–H groups in total. The van der Waals surface area contributed by atoms with Gasteiger partial charge in [-0.2, -0.15) is 0 Å². The van der Waals surface area contributed by atoms with Crippen LogP contribution in [0.4, 0.5) is 8.78 Å². The van der Waals surface area contributed by atoms with E-state index >= 15 is 0 Å². The molecule has 1 aromatic carbocycles. The van der Waals surface area contributed by atoms with Crippen molar-refractivity contribution in [2.24, 2.45) is 5.14 Å². The van der Waals surface area contributed by atoms with Crippen molar-refractivity contribution in [1.29, 1.82) is 0 Å². The Labute approximate surface area is 117 Å². The van der Waals surface area contributed by atoms with Crippen LogP contribution in [0.1, 0.15) is 17.3 Å². The van der Waals surface area contributed by atoms with Gasteiger partial charge in [0.05, 0.1) is 0 Å². The molecule has 5 nitrogen and oxygen atoms in total. The molecule has 0 atom stereocenters. The lowest BCUT2D eigenvalue weighted by molar-refractivity contribution is 0.0792. The zero-order valence-corrected chi connectivity index (χ0v) is 12.5. The van der Waals surface area contributed by atoms with E-state index in [9.17, 15) is 22.0 Å². The first kappa shape index (κ1) is 16.0. The molecule has 0 heterocycles. The summed E-state index contributed by atoms with van der Waals surface area (Å²) in [6, 6.07) is 0.694. The van der Waals surface area contributed by atoms with E-state index in [0.717, 1.165) is 4.90 Å². The predicted molar refractivity (Wildman–Crippen MR) is 68.1 cm³/mol. The summed E-state index contributed by atoms with van der Waals surface area (Å²) in [6.45, 7) is 1.81. The topological polar surface area (TPSA) is 80.5 Å². The lowest BCUT2D eigenvalue weighted by atomic mass is 10.1. The van der Waals surface area contributed by atoms with Crippen LogP contribution in [0.15, 0.2) is 15.4 Å². The highest BCUT2D eigenvalue weighted by Crippen LogP contribution is 2.29. The number of sulfonamides is 1. The van der Waals surface area contributed by atoms with Crippen molar-refractivity contribution in [3.8, 4) is 0 Å². The Bertz CT molecular complexity index is 634. The van der Waals surface area contributed by atoms with Gasteiger partial charge >= 0.3 is 0 Å². The molecule has 0 fully saturated rings. The molecule has 0 aromatic heterocycles. The summed E-state index contributed by atoms with van der Waals surface area (Å²) in [5, 5.41) is 4.84. The average molecular weight is 357 g/mol. The first-order chi connectivity index (χ1) is 8.61. The number of carbonyl (C=O) groups excluding carboxylic acids is 1. The van der Waals surface area contributed by atoms with Gasteiger partial charge in [-0.1, -0.05) is 0 Å². The van der Waals surface area contributed by atoms with Crippen LogP contribution < -0.4 is 5.14 Å². The largest absolute Gasteiger partial charge is 0.342 e. The monoisotopic (exact) mass is 356 g/mol. The first-order valence-electron chi connectivity index (χ1n) is 5.07. The molecule has 9 heteroatoms. The van der Waals surface area contributed by atoms with Crippen LogP contribution in [0.3, 0.4) is 0 Å². The number of hydrogen-bond donors (Lipinski definition) is 1. The standard InChI is InChI=1S/C10H11BrF2N2O3S/c1-3-15(2)10(16)7-6(12)4-5(11)9(8(7)13)19(14,17)18/h4H,3H2,1-2H3,(H2,14,17,18). The molecule has 1 amide bonds. The second kappa shape index (κ2) is 5.51. The lowest BCUT2D eigenvalue weighted by Crippen LogP contribution is -2.29. The van der Waals surface area contributed by atoms with Crippen LogP contribution in [0.5, 0.6) is 0 Å². The molecule has 0 spiro atoms. The maximum Gasteiger partial charge on any atom is 0.259 e. The third-order valence-electron chi connectivity index (χ3n) is 2.45. The number of primary sulfonamides is 1. The van der Waals surface area contributed by atoms with Crippen LogP contribution in [0.2, 0.25) is 0 Å². The summed E-state index contributed by atoms with van der Waals surface area (Å²) in [7, 11) is -3.10. The third-order valence-corrected chi connectivity index (χ3v) is 4.30. The Hall–Kier alpha value is -1.06. The van der Waals surface area contributed by atoms with Gasteiger partial charge < -0.3 is 4.90 Å². The number of hydrogen-bond acceptors (Lipinski definition) is 3. The number of nitrogens with two attached hydrogens (primary N) is 1. The average Bonchev–Trinajstić information content (AvgIpc) is 2.24. The highest BCUT2D eigenvalue weighted by atomic mass is 79.9. The van der Waals surface area contributed by atoms with Gasteiger partial charge in [0.25, 0.3) is 5.91 Å². The molecule has 1 rings (SSSR count). The molecular weight excluding hydrogens is 346 g/mol. The normalized spacial score (nSPS) is 11.5. The minimum absolute atomic E-state index is 0.207. The molecule has 0 bridgehead atoms. The van der Waals surface area contributed by atoms with Gasteiger partial charge in [-0.15, -0.1) is 0 Å². The molecule has 0 unspecified atom stereocenters. The van der Waals surface area contributed by atoms with Gasteiger partial charge in [0.1, 0.15) is 16.3 Å². The van der Waals surface area contributed by atoms with Crippen molar-refractivity contribution in [1.82, 2.24) is 4.90 Å². The van der Waals surface area contributed by atoms with Gasteiger partial charge in [-0.3, -0.25) is 4.79 Å². The van der Waals surface area contributed by atoms with Gasteiger partial charge in [-0.05, 0) is 28.9 Å². The summed E-state index contributed by atoms with van der Waals surface area (Å²) < 4.78 is 49.9. The zero-order chi connectivity index (χ0) is 15.0. The van der Waals surface area contributed by atoms with E-state index in [0.29, 0.717) is 6.07 Å². The van der Waals surface area contributed by atoms with E-state index in [2.05, 4.69) is 15.9 Å². The molecule has 0 saturated carbocycles. The van der Waals surface area contributed by atoms with E-state index in [-0.39, 0.29) is 11.0 Å². The van der Waals surface area contributed by atoms with Crippen LogP contribution in [0, 0.1) is 11.6 Å². The van der Waals surface area contributed by atoms with Gasteiger partial charge in [-0.25, -0.2) is 22.3 Å². The second-order valence-electron chi connectivity index (χ2n) is 3.72. The molecule has 19 heavy (non-hydrogen) atoms. The Morgan fingerprint density at radius 3 is 2.42 bits per heavy atom. The van der Waals surface area contributed by atoms with Crippen LogP contribution in [-0.2, 0) is 10.0 Å². The van der Waals surface area contributed by atoms with Crippen molar-refractivity contribution in [3.05, 3.63) is 27.7 Å². The Balaban J connectivity index is 3.64.